The summed E-state index contributed by atoms with van der Waals surface area (Å²) in [7, 11) is 0. The van der Waals surface area contributed by atoms with Crippen molar-refractivity contribution in [2.45, 2.75) is 25.4 Å². The van der Waals surface area contributed by atoms with Crippen LogP contribution in [0.5, 0.6) is 0 Å². The second kappa shape index (κ2) is 2.90. The van der Waals surface area contributed by atoms with Crippen LogP contribution in [0, 0.1) is 0 Å². The molecule has 0 saturated heterocycles. The van der Waals surface area contributed by atoms with Crippen molar-refractivity contribution in [1.29, 1.82) is 0 Å². The van der Waals surface area contributed by atoms with E-state index in [1.807, 2.05) is 0 Å². The molecule has 0 aromatic rings. The van der Waals surface area contributed by atoms with Crippen LogP contribution in [0.15, 0.2) is 0 Å². The van der Waals surface area contributed by atoms with Crippen molar-refractivity contribution >= 4 is 5.97 Å². The van der Waals surface area contributed by atoms with E-state index in [1.54, 1.807) is 0 Å². The van der Waals surface area contributed by atoms with E-state index in [0.29, 0.717) is 0 Å². The Morgan fingerprint density at radius 1 is 1.70 bits per heavy atom. The minimum absolute atomic E-state index is 0.805. The first-order chi connectivity index (χ1) is 4.41. The van der Waals surface area contributed by atoms with Crippen LogP contribution >= 0.6 is 0 Å². The van der Waals surface area contributed by atoms with Crippen LogP contribution in [0.4, 0.5) is 13.2 Å². The van der Waals surface area contributed by atoms with Gasteiger partial charge in [0.1, 0.15) is 0 Å². The summed E-state index contributed by atoms with van der Waals surface area (Å²) < 4.78 is 36.0. The number of rotatable bonds is 3. The van der Waals surface area contributed by atoms with Crippen molar-refractivity contribution < 1.29 is 23.1 Å². The molecule has 0 radical (unpaired) electrons. The van der Waals surface area contributed by atoms with Gasteiger partial charge in [-0.25, -0.2) is 18.0 Å². The van der Waals surface area contributed by atoms with Crippen LogP contribution in [0.1, 0.15) is 13.3 Å². The summed E-state index contributed by atoms with van der Waals surface area (Å²) in [5.41, 5.74) is 0. The molecule has 1 N–H and O–H groups in total. The summed E-state index contributed by atoms with van der Waals surface area (Å²) in [6.45, 7) is 1.02. The predicted octanol–water partition coefficient (Wildman–Crippen LogP) is 1.45. The highest BCUT2D eigenvalue weighted by Crippen LogP contribution is 2.24. The van der Waals surface area contributed by atoms with E-state index < -0.39 is 24.5 Å². The van der Waals surface area contributed by atoms with E-state index in [0.717, 1.165) is 6.92 Å². The maximum absolute atomic E-state index is 12.0. The number of carboxylic acids is 1. The third kappa shape index (κ3) is 1.89. The molecule has 0 fully saturated rings. The second-order valence-corrected chi connectivity index (χ2v) is 1.82. The van der Waals surface area contributed by atoms with Gasteiger partial charge in [0, 0.05) is 6.42 Å². The molecule has 0 aliphatic rings. The standard InChI is InChI=1S/C5H7F3O2/c1-2-5(7,8)3(6)4(9)10/h3H,2H2,1H3,(H,9,10). The highest BCUT2D eigenvalue weighted by molar-refractivity contribution is 5.73. The molecule has 0 rings (SSSR count). The summed E-state index contributed by atoms with van der Waals surface area (Å²) in [5.74, 6) is -5.86. The van der Waals surface area contributed by atoms with Crippen molar-refractivity contribution in [2.24, 2.45) is 0 Å². The molecule has 0 aliphatic carbocycles. The van der Waals surface area contributed by atoms with Crippen LogP contribution in [0.3, 0.4) is 0 Å². The molecule has 2 nitrogen and oxygen atoms in total. The minimum Gasteiger partial charge on any atom is -0.479 e. The van der Waals surface area contributed by atoms with Gasteiger partial charge in [0.25, 0.3) is 12.1 Å². The Kier molecular flexibility index (Phi) is 2.68. The van der Waals surface area contributed by atoms with Gasteiger partial charge in [0.05, 0.1) is 0 Å². The van der Waals surface area contributed by atoms with E-state index in [4.69, 9.17) is 5.11 Å². The molecule has 0 amide bonds. The summed E-state index contributed by atoms with van der Waals surface area (Å²) in [5, 5.41) is 7.79. The Morgan fingerprint density at radius 2 is 2.10 bits per heavy atom. The lowest BCUT2D eigenvalue weighted by molar-refractivity contribution is -0.159. The number of halogens is 3. The summed E-state index contributed by atoms with van der Waals surface area (Å²) >= 11 is 0. The zero-order valence-electron chi connectivity index (χ0n) is 5.27. The third-order valence-corrected chi connectivity index (χ3v) is 1.06. The number of carbonyl (C=O) groups is 1. The highest BCUT2D eigenvalue weighted by atomic mass is 19.3. The number of aliphatic carboxylic acids is 1. The summed E-state index contributed by atoms with van der Waals surface area (Å²) in [6, 6.07) is 0. The predicted molar refractivity (Wildman–Crippen MR) is 27.8 cm³/mol. The third-order valence-electron chi connectivity index (χ3n) is 1.06. The van der Waals surface area contributed by atoms with Crippen molar-refractivity contribution in [3.63, 3.8) is 0 Å². The molecular formula is C5H7F3O2. The van der Waals surface area contributed by atoms with Gasteiger partial charge in [-0.2, -0.15) is 0 Å². The fraction of sp³-hybridized carbons (Fsp3) is 0.800. The fourth-order valence-corrected chi connectivity index (χ4v) is 0.360. The molecule has 0 aromatic carbocycles. The van der Waals surface area contributed by atoms with Crippen molar-refractivity contribution in [3.05, 3.63) is 0 Å². The molecule has 0 heterocycles. The largest absolute Gasteiger partial charge is 0.479 e. The lowest BCUT2D eigenvalue weighted by atomic mass is 10.1. The SMILES string of the molecule is CCC(F)(F)C(F)C(=O)O. The molecule has 5 heteroatoms. The van der Waals surface area contributed by atoms with Gasteiger partial charge in [-0.1, -0.05) is 6.92 Å². The average Bonchev–Trinajstić information content (AvgIpc) is 1.86. The van der Waals surface area contributed by atoms with Crippen LogP contribution in [0.2, 0.25) is 0 Å². The molecular weight excluding hydrogens is 149 g/mol. The molecule has 0 aromatic heterocycles. The molecule has 60 valence electrons. The molecule has 0 bridgehead atoms. The monoisotopic (exact) mass is 156 g/mol. The lowest BCUT2D eigenvalue weighted by Crippen LogP contribution is -2.35. The first-order valence-corrected chi connectivity index (χ1v) is 2.66. The van der Waals surface area contributed by atoms with Gasteiger partial charge in [0.2, 0.25) is 0 Å². The Bertz CT molecular complexity index is 135. The van der Waals surface area contributed by atoms with Gasteiger partial charge in [-0.05, 0) is 0 Å². The lowest BCUT2D eigenvalue weighted by Gasteiger charge is -2.14. The molecule has 1 atom stereocenters. The Morgan fingerprint density at radius 3 is 2.20 bits per heavy atom. The smallest absolute Gasteiger partial charge is 0.344 e. The van der Waals surface area contributed by atoms with Gasteiger partial charge in [0.15, 0.2) is 0 Å². The van der Waals surface area contributed by atoms with Gasteiger partial charge >= 0.3 is 5.97 Å². The van der Waals surface area contributed by atoms with Gasteiger partial charge < -0.3 is 5.11 Å². The summed E-state index contributed by atoms with van der Waals surface area (Å²) in [4.78, 5) is 9.65. The van der Waals surface area contributed by atoms with E-state index >= 15 is 0 Å². The topological polar surface area (TPSA) is 37.3 Å². The molecule has 0 saturated carbocycles. The number of hydrogen-bond donors (Lipinski definition) is 1. The van der Waals surface area contributed by atoms with Gasteiger partial charge in [-0.3, -0.25) is 0 Å². The number of alkyl halides is 3. The minimum atomic E-state index is -3.74. The fourth-order valence-electron chi connectivity index (χ4n) is 0.360. The second-order valence-electron chi connectivity index (χ2n) is 1.82. The van der Waals surface area contributed by atoms with Crippen LogP contribution < -0.4 is 0 Å². The molecule has 10 heavy (non-hydrogen) atoms. The van der Waals surface area contributed by atoms with Gasteiger partial charge in [-0.15, -0.1) is 0 Å². The van der Waals surface area contributed by atoms with Crippen LogP contribution in [-0.4, -0.2) is 23.2 Å². The van der Waals surface area contributed by atoms with E-state index in [9.17, 15) is 18.0 Å². The first-order valence-electron chi connectivity index (χ1n) is 2.66. The Balaban J connectivity index is 4.17. The van der Waals surface area contributed by atoms with E-state index in [-0.39, 0.29) is 0 Å². The van der Waals surface area contributed by atoms with Crippen molar-refractivity contribution in [2.75, 3.05) is 0 Å². The maximum atomic E-state index is 12.0. The Labute approximate surface area is 55.7 Å². The molecule has 0 spiro atoms. The van der Waals surface area contributed by atoms with Crippen LogP contribution in [0.25, 0.3) is 0 Å². The maximum Gasteiger partial charge on any atom is 0.344 e. The average molecular weight is 156 g/mol. The zero-order chi connectivity index (χ0) is 8.36. The van der Waals surface area contributed by atoms with Crippen LogP contribution in [-0.2, 0) is 4.79 Å². The summed E-state index contributed by atoms with van der Waals surface area (Å²) in [6.07, 6.45) is -3.89. The van der Waals surface area contributed by atoms with E-state index in [2.05, 4.69) is 0 Å². The number of carboxylic acid groups (broad SMARTS) is 1. The Hall–Kier alpha value is -0.740. The van der Waals surface area contributed by atoms with Crippen molar-refractivity contribution in [3.8, 4) is 0 Å². The molecule has 0 aliphatic heterocycles. The zero-order valence-corrected chi connectivity index (χ0v) is 5.27. The normalized spacial score (nSPS) is 14.8. The van der Waals surface area contributed by atoms with E-state index in [1.165, 1.54) is 0 Å². The highest BCUT2D eigenvalue weighted by Gasteiger charge is 2.43. The molecule has 1 unspecified atom stereocenters. The quantitative estimate of drug-likeness (QED) is 0.671. The number of hydrogen-bond acceptors (Lipinski definition) is 1. The van der Waals surface area contributed by atoms with Crippen molar-refractivity contribution in [1.82, 2.24) is 0 Å². The first kappa shape index (κ1) is 9.26.